The number of rotatable bonds is 5. The number of hydrogen-bond donors (Lipinski definition) is 2. The lowest BCUT2D eigenvalue weighted by atomic mass is 9.97. The SMILES string of the molecule is CCN(C)Cc1ccc2cccc(CC3NC(=O)NC3=O)c2c1. The third-order valence-corrected chi connectivity index (χ3v) is 4.31. The molecule has 3 amide bonds. The van der Waals surface area contributed by atoms with Gasteiger partial charge in [0.15, 0.2) is 0 Å². The molecule has 2 aromatic rings. The van der Waals surface area contributed by atoms with E-state index in [1.165, 1.54) is 5.56 Å². The highest BCUT2D eigenvalue weighted by Gasteiger charge is 2.29. The fourth-order valence-electron chi connectivity index (χ4n) is 2.91. The molecule has 1 aliphatic heterocycles. The third kappa shape index (κ3) is 3.35. The van der Waals surface area contributed by atoms with Gasteiger partial charge in [-0.05, 0) is 41.6 Å². The smallest absolute Gasteiger partial charge is 0.322 e. The van der Waals surface area contributed by atoms with Crippen molar-refractivity contribution in [2.75, 3.05) is 13.6 Å². The Morgan fingerprint density at radius 3 is 2.70 bits per heavy atom. The minimum absolute atomic E-state index is 0.256. The van der Waals surface area contributed by atoms with E-state index in [1.54, 1.807) is 0 Å². The molecule has 2 N–H and O–H groups in total. The van der Waals surface area contributed by atoms with Crippen LogP contribution in [0.1, 0.15) is 18.1 Å². The Morgan fingerprint density at radius 2 is 2.00 bits per heavy atom. The maximum atomic E-state index is 11.8. The fourth-order valence-corrected chi connectivity index (χ4v) is 2.91. The number of carbonyl (C=O) groups is 2. The van der Waals surface area contributed by atoms with Crippen molar-refractivity contribution in [3.63, 3.8) is 0 Å². The van der Waals surface area contributed by atoms with E-state index in [0.29, 0.717) is 6.42 Å². The molecule has 3 rings (SSSR count). The predicted molar refractivity (Wildman–Crippen MR) is 90.1 cm³/mol. The van der Waals surface area contributed by atoms with Crippen molar-refractivity contribution >= 4 is 22.7 Å². The van der Waals surface area contributed by atoms with Crippen LogP contribution in [0.15, 0.2) is 36.4 Å². The van der Waals surface area contributed by atoms with E-state index < -0.39 is 12.1 Å². The standard InChI is InChI=1S/C18H21N3O2/c1-3-21(2)11-12-7-8-13-5-4-6-14(15(13)9-12)10-16-17(22)20-18(23)19-16/h4-9,16H,3,10-11H2,1-2H3,(H2,19,20,22,23). The van der Waals surface area contributed by atoms with Gasteiger partial charge in [0.2, 0.25) is 0 Å². The first kappa shape index (κ1) is 15.5. The monoisotopic (exact) mass is 311 g/mol. The molecule has 5 heteroatoms. The summed E-state index contributed by atoms with van der Waals surface area (Å²) in [5, 5.41) is 7.24. The van der Waals surface area contributed by atoms with Gasteiger partial charge in [0.05, 0.1) is 0 Å². The van der Waals surface area contributed by atoms with Crippen LogP contribution in [0, 0.1) is 0 Å². The molecule has 5 nitrogen and oxygen atoms in total. The van der Waals surface area contributed by atoms with Crippen LogP contribution in [0.5, 0.6) is 0 Å². The van der Waals surface area contributed by atoms with Crippen LogP contribution in [0.3, 0.4) is 0 Å². The lowest BCUT2D eigenvalue weighted by Crippen LogP contribution is -2.31. The minimum Gasteiger partial charge on any atom is -0.326 e. The van der Waals surface area contributed by atoms with Gasteiger partial charge in [0.25, 0.3) is 5.91 Å². The Balaban J connectivity index is 1.91. The fraction of sp³-hybridized carbons (Fsp3) is 0.333. The summed E-state index contributed by atoms with van der Waals surface area (Å²) in [7, 11) is 2.09. The number of urea groups is 1. The molecule has 1 saturated heterocycles. The first-order valence-electron chi connectivity index (χ1n) is 7.87. The van der Waals surface area contributed by atoms with Gasteiger partial charge in [-0.25, -0.2) is 4.79 Å². The molecule has 0 bridgehead atoms. The van der Waals surface area contributed by atoms with Gasteiger partial charge in [-0.3, -0.25) is 10.1 Å². The van der Waals surface area contributed by atoms with Gasteiger partial charge in [-0.1, -0.05) is 37.3 Å². The second kappa shape index (κ2) is 6.38. The molecule has 2 aromatic carbocycles. The maximum Gasteiger partial charge on any atom is 0.322 e. The van der Waals surface area contributed by atoms with Crippen LogP contribution in [0.4, 0.5) is 4.79 Å². The number of hydrogen-bond acceptors (Lipinski definition) is 3. The van der Waals surface area contributed by atoms with E-state index in [2.05, 4.69) is 53.8 Å². The van der Waals surface area contributed by atoms with Gasteiger partial charge < -0.3 is 10.2 Å². The molecule has 0 saturated carbocycles. The molecule has 0 spiro atoms. The molecular weight excluding hydrogens is 290 g/mol. The molecule has 0 aliphatic carbocycles. The number of carbonyl (C=O) groups excluding carboxylic acids is 2. The number of nitrogens with zero attached hydrogens (tertiary/aromatic N) is 1. The van der Waals surface area contributed by atoms with E-state index in [9.17, 15) is 9.59 Å². The van der Waals surface area contributed by atoms with Crippen molar-refractivity contribution in [1.29, 1.82) is 0 Å². The van der Waals surface area contributed by atoms with E-state index in [4.69, 9.17) is 0 Å². The van der Waals surface area contributed by atoms with E-state index in [-0.39, 0.29) is 5.91 Å². The van der Waals surface area contributed by atoms with Crippen molar-refractivity contribution in [2.24, 2.45) is 0 Å². The molecule has 1 unspecified atom stereocenters. The summed E-state index contributed by atoms with van der Waals surface area (Å²) in [6.45, 7) is 4.02. The zero-order valence-corrected chi connectivity index (χ0v) is 13.4. The molecule has 23 heavy (non-hydrogen) atoms. The van der Waals surface area contributed by atoms with Crippen LogP contribution in [-0.2, 0) is 17.8 Å². The first-order valence-corrected chi connectivity index (χ1v) is 7.87. The lowest BCUT2D eigenvalue weighted by molar-refractivity contribution is -0.120. The van der Waals surface area contributed by atoms with Crippen molar-refractivity contribution < 1.29 is 9.59 Å². The number of amides is 3. The largest absolute Gasteiger partial charge is 0.326 e. The highest BCUT2D eigenvalue weighted by Crippen LogP contribution is 2.23. The Morgan fingerprint density at radius 1 is 1.17 bits per heavy atom. The highest BCUT2D eigenvalue weighted by atomic mass is 16.2. The summed E-state index contributed by atoms with van der Waals surface area (Å²) >= 11 is 0. The molecule has 1 aliphatic rings. The van der Waals surface area contributed by atoms with Crippen LogP contribution in [-0.4, -0.2) is 36.5 Å². The Bertz CT molecular complexity index is 757. The summed E-state index contributed by atoms with van der Waals surface area (Å²) in [6.07, 6.45) is 0.502. The van der Waals surface area contributed by atoms with E-state index in [0.717, 1.165) is 29.4 Å². The van der Waals surface area contributed by atoms with Gasteiger partial charge in [-0.15, -0.1) is 0 Å². The Kier molecular flexibility index (Phi) is 4.30. The molecule has 120 valence electrons. The zero-order chi connectivity index (χ0) is 16.4. The predicted octanol–water partition coefficient (Wildman–Crippen LogP) is 2.04. The van der Waals surface area contributed by atoms with E-state index >= 15 is 0 Å². The number of benzene rings is 2. The maximum absolute atomic E-state index is 11.8. The molecular formula is C18H21N3O2. The van der Waals surface area contributed by atoms with Crippen LogP contribution >= 0.6 is 0 Å². The topological polar surface area (TPSA) is 61.4 Å². The quantitative estimate of drug-likeness (QED) is 0.831. The van der Waals surface area contributed by atoms with Crippen molar-refractivity contribution in [2.45, 2.75) is 25.9 Å². The molecule has 0 radical (unpaired) electrons. The summed E-state index contributed by atoms with van der Waals surface area (Å²) in [6, 6.07) is 11.6. The Labute approximate surface area is 135 Å². The second-order valence-corrected chi connectivity index (χ2v) is 6.02. The summed E-state index contributed by atoms with van der Waals surface area (Å²) < 4.78 is 0. The van der Waals surface area contributed by atoms with Crippen LogP contribution in [0.25, 0.3) is 10.8 Å². The normalized spacial score (nSPS) is 17.6. The summed E-state index contributed by atoms with van der Waals surface area (Å²) in [5.74, 6) is -0.256. The summed E-state index contributed by atoms with van der Waals surface area (Å²) in [4.78, 5) is 25.3. The zero-order valence-electron chi connectivity index (χ0n) is 13.4. The van der Waals surface area contributed by atoms with E-state index in [1.807, 2.05) is 12.1 Å². The van der Waals surface area contributed by atoms with Gasteiger partial charge in [0, 0.05) is 13.0 Å². The third-order valence-electron chi connectivity index (χ3n) is 4.31. The van der Waals surface area contributed by atoms with Gasteiger partial charge in [0.1, 0.15) is 6.04 Å². The molecule has 1 heterocycles. The van der Waals surface area contributed by atoms with Crippen LogP contribution in [0.2, 0.25) is 0 Å². The highest BCUT2D eigenvalue weighted by molar-refractivity contribution is 6.04. The number of imide groups is 1. The van der Waals surface area contributed by atoms with Crippen molar-refractivity contribution in [1.82, 2.24) is 15.5 Å². The van der Waals surface area contributed by atoms with Gasteiger partial charge in [-0.2, -0.15) is 0 Å². The van der Waals surface area contributed by atoms with Crippen LogP contribution < -0.4 is 10.6 Å². The Hall–Kier alpha value is -2.40. The van der Waals surface area contributed by atoms with Crippen molar-refractivity contribution in [3.8, 4) is 0 Å². The first-order chi connectivity index (χ1) is 11.1. The number of nitrogens with one attached hydrogen (secondary N) is 2. The minimum atomic E-state index is -0.491. The molecule has 1 atom stereocenters. The lowest BCUT2D eigenvalue weighted by Gasteiger charge is -2.15. The second-order valence-electron chi connectivity index (χ2n) is 6.02. The van der Waals surface area contributed by atoms with Gasteiger partial charge >= 0.3 is 6.03 Å². The number of fused-ring (bicyclic) bond motifs is 1. The average molecular weight is 311 g/mol. The summed E-state index contributed by atoms with van der Waals surface area (Å²) in [5.41, 5.74) is 2.32. The van der Waals surface area contributed by atoms with Crippen molar-refractivity contribution in [3.05, 3.63) is 47.5 Å². The average Bonchev–Trinajstić information content (AvgIpc) is 2.85. The molecule has 0 aromatic heterocycles. The molecule has 1 fully saturated rings.